The number of hydrogen-bond acceptors (Lipinski definition) is 10. The first-order valence-corrected chi connectivity index (χ1v) is 14.2. The Morgan fingerprint density at radius 1 is 1.09 bits per heavy atom. The zero-order valence-corrected chi connectivity index (χ0v) is 24.1. The van der Waals surface area contributed by atoms with Gasteiger partial charge in [0.1, 0.15) is 22.8 Å². The normalized spacial score (nSPS) is 24.6. The Balaban J connectivity index is 1.40. The fourth-order valence-electron chi connectivity index (χ4n) is 6.99. The number of pyridine rings is 1. The van der Waals surface area contributed by atoms with E-state index in [1.165, 1.54) is 11.0 Å². The summed E-state index contributed by atoms with van der Waals surface area (Å²) in [4.78, 5) is 45.2. The van der Waals surface area contributed by atoms with Crippen LogP contribution in [0.5, 0.6) is 5.75 Å². The predicted octanol–water partition coefficient (Wildman–Crippen LogP) is 2.79. The molecule has 11 nitrogen and oxygen atoms in total. The summed E-state index contributed by atoms with van der Waals surface area (Å²) in [6.07, 6.45) is 3.67. The van der Waals surface area contributed by atoms with Gasteiger partial charge >= 0.3 is 0 Å². The minimum absolute atomic E-state index is 0.0226. The Morgan fingerprint density at radius 2 is 1.82 bits per heavy atom. The highest BCUT2D eigenvalue weighted by Crippen LogP contribution is 2.53. The molecule has 0 saturated carbocycles. The quantitative estimate of drug-likeness (QED) is 0.231. The highest BCUT2D eigenvalue weighted by Gasteiger charge is 2.63. The number of phenols is 1. The molecule has 1 amide bonds. The number of primary amides is 1. The molecule has 0 aliphatic heterocycles. The van der Waals surface area contributed by atoms with Crippen LogP contribution in [0.4, 0.5) is 5.69 Å². The number of nitrogens with zero attached hydrogens (tertiary/aromatic N) is 2. The lowest BCUT2D eigenvalue weighted by molar-refractivity contribution is -0.148. The number of allylic oxidation sites excluding steroid dienone is 1. The van der Waals surface area contributed by atoms with E-state index in [1.807, 2.05) is 36.4 Å². The van der Waals surface area contributed by atoms with E-state index >= 15 is 0 Å². The van der Waals surface area contributed by atoms with E-state index in [1.54, 1.807) is 32.6 Å². The summed E-state index contributed by atoms with van der Waals surface area (Å²) in [5.41, 5.74) is 5.70. The summed E-state index contributed by atoms with van der Waals surface area (Å²) in [6, 6.07) is 13.6. The van der Waals surface area contributed by atoms with Crippen LogP contribution < -0.4 is 11.1 Å². The first kappa shape index (κ1) is 29.1. The Hall–Kier alpha value is -5.00. The van der Waals surface area contributed by atoms with Gasteiger partial charge in [0.15, 0.2) is 11.4 Å². The minimum atomic E-state index is -2.67. The zero-order valence-electron chi connectivity index (χ0n) is 24.1. The maximum Gasteiger partial charge on any atom is 0.255 e. The number of carbonyl (C=O) groups is 3. The highest BCUT2D eigenvalue weighted by molar-refractivity contribution is 6.24. The monoisotopic (exact) mass is 596 g/mol. The minimum Gasteiger partial charge on any atom is -0.510 e. The van der Waals surface area contributed by atoms with E-state index in [0.29, 0.717) is 12.1 Å². The van der Waals surface area contributed by atoms with Gasteiger partial charge in [-0.25, -0.2) is 0 Å². The molecule has 1 heterocycles. The van der Waals surface area contributed by atoms with Crippen LogP contribution in [0.1, 0.15) is 27.9 Å². The number of likely N-dealkylation sites (N-methyl/N-ethyl adjacent to an activating group) is 1. The second-order valence-corrected chi connectivity index (χ2v) is 11.7. The molecule has 7 N–H and O–H groups in total. The molecule has 3 aromatic rings. The van der Waals surface area contributed by atoms with Crippen LogP contribution in [-0.4, -0.2) is 73.5 Å². The van der Waals surface area contributed by atoms with Crippen molar-refractivity contribution in [3.05, 3.63) is 100 Å². The predicted molar refractivity (Wildman–Crippen MR) is 161 cm³/mol. The lowest BCUT2D eigenvalue weighted by Gasteiger charge is -2.50. The number of aromatic hydroxyl groups is 1. The Labute approximate surface area is 253 Å². The summed E-state index contributed by atoms with van der Waals surface area (Å²) in [7, 11) is 3.19. The van der Waals surface area contributed by atoms with Crippen molar-refractivity contribution >= 4 is 23.2 Å². The number of aromatic nitrogens is 1. The van der Waals surface area contributed by atoms with Gasteiger partial charge in [0.2, 0.25) is 5.78 Å². The van der Waals surface area contributed by atoms with Crippen LogP contribution in [0.15, 0.2) is 83.6 Å². The summed E-state index contributed by atoms with van der Waals surface area (Å²) < 4.78 is 0. The van der Waals surface area contributed by atoms with E-state index in [2.05, 4.69) is 10.3 Å². The average Bonchev–Trinajstić information content (AvgIpc) is 2.98. The SMILES string of the molecule is CN(C)[C@H]1C(O)=C(C(N)=O)C(=O)[C@@]2(O)C(O)=C3C(=O)c4c(O)ccc(-c5ccc(CNc6cccnc6)cc5)c4C[C@H]3C[C@@H]12. The number of aliphatic hydroxyl groups is 3. The number of fused-ring (bicyclic) bond motifs is 3. The molecule has 3 aliphatic rings. The van der Waals surface area contributed by atoms with Gasteiger partial charge in [0.25, 0.3) is 5.91 Å². The van der Waals surface area contributed by atoms with Crippen LogP contribution in [0.2, 0.25) is 0 Å². The largest absolute Gasteiger partial charge is 0.510 e. The molecule has 0 spiro atoms. The molecule has 4 atom stereocenters. The second kappa shape index (κ2) is 10.6. The number of anilines is 1. The fraction of sp³-hybridized carbons (Fsp3) is 0.273. The molecule has 1 aromatic heterocycles. The van der Waals surface area contributed by atoms with E-state index in [-0.39, 0.29) is 29.7 Å². The molecule has 0 unspecified atom stereocenters. The number of nitrogens with one attached hydrogen (secondary N) is 1. The van der Waals surface area contributed by atoms with Crippen LogP contribution >= 0.6 is 0 Å². The average molecular weight is 597 g/mol. The van der Waals surface area contributed by atoms with E-state index in [4.69, 9.17) is 5.73 Å². The Kier molecular flexibility index (Phi) is 7.02. The molecule has 0 bridgehead atoms. The number of amides is 1. The smallest absolute Gasteiger partial charge is 0.255 e. The number of carbonyl (C=O) groups excluding carboxylic acids is 3. The highest BCUT2D eigenvalue weighted by atomic mass is 16.3. The van der Waals surface area contributed by atoms with Crippen molar-refractivity contribution in [3.63, 3.8) is 0 Å². The first-order valence-electron chi connectivity index (χ1n) is 14.2. The summed E-state index contributed by atoms with van der Waals surface area (Å²) in [5.74, 6) is -6.74. The van der Waals surface area contributed by atoms with Crippen molar-refractivity contribution in [2.45, 2.75) is 31.0 Å². The van der Waals surface area contributed by atoms with Crippen molar-refractivity contribution in [2.24, 2.45) is 17.6 Å². The van der Waals surface area contributed by atoms with Gasteiger partial charge in [-0.15, -0.1) is 0 Å². The number of hydrogen-bond donors (Lipinski definition) is 6. The maximum absolute atomic E-state index is 14.0. The van der Waals surface area contributed by atoms with Crippen LogP contribution in [0.3, 0.4) is 0 Å². The molecule has 11 heteroatoms. The summed E-state index contributed by atoms with van der Waals surface area (Å²) >= 11 is 0. The summed E-state index contributed by atoms with van der Waals surface area (Å²) in [5, 5.41) is 48.3. The fourth-order valence-corrected chi connectivity index (χ4v) is 6.99. The summed E-state index contributed by atoms with van der Waals surface area (Å²) in [6.45, 7) is 0.572. The lowest BCUT2D eigenvalue weighted by atomic mass is 9.58. The van der Waals surface area contributed by atoms with Gasteiger partial charge in [-0.1, -0.05) is 30.3 Å². The Morgan fingerprint density at radius 3 is 2.45 bits per heavy atom. The van der Waals surface area contributed by atoms with E-state index in [9.17, 15) is 34.8 Å². The van der Waals surface area contributed by atoms with Crippen LogP contribution in [0, 0.1) is 11.8 Å². The van der Waals surface area contributed by atoms with Gasteiger partial charge in [-0.2, -0.15) is 0 Å². The molecule has 3 aliphatic carbocycles. The topological polar surface area (TPSA) is 186 Å². The molecule has 226 valence electrons. The zero-order chi connectivity index (χ0) is 31.5. The number of ketones is 2. The number of phenolic OH excluding ortho intramolecular Hbond substituents is 1. The lowest BCUT2D eigenvalue weighted by Crippen LogP contribution is -2.63. The van der Waals surface area contributed by atoms with Crippen molar-refractivity contribution in [1.82, 2.24) is 9.88 Å². The molecular weight excluding hydrogens is 564 g/mol. The third-order valence-corrected chi connectivity index (χ3v) is 9.03. The first-order chi connectivity index (χ1) is 20.9. The van der Waals surface area contributed by atoms with E-state index < -0.39 is 58.0 Å². The standard InChI is InChI=1S/C33H32N4O7/c1-37(2)27-22-13-18-12-21-20(17-7-5-16(6-8-17)14-36-19-4-3-11-35-15-19)9-10-23(38)25(21)28(39)24(18)30(41)33(22,44)31(42)26(29(27)40)32(34)43/h3-11,15,18,22,27,36,38,40-41,44H,12-14H2,1-2H3,(H2,34,43)/t18-,22-,27+,33-/m0/s1. The molecule has 0 saturated heterocycles. The van der Waals surface area contributed by atoms with Gasteiger partial charge in [-0.3, -0.25) is 24.3 Å². The number of nitrogens with two attached hydrogens (primary N) is 1. The third kappa shape index (κ3) is 4.35. The number of benzene rings is 2. The second-order valence-electron chi connectivity index (χ2n) is 11.7. The number of Topliss-reactive ketones (excluding diaryl/α,β-unsaturated/α-hetero) is 2. The number of rotatable bonds is 6. The molecule has 0 radical (unpaired) electrons. The molecule has 44 heavy (non-hydrogen) atoms. The Bertz CT molecular complexity index is 1760. The van der Waals surface area contributed by atoms with Crippen molar-refractivity contribution in [2.75, 3.05) is 19.4 Å². The third-order valence-electron chi connectivity index (χ3n) is 9.03. The van der Waals surface area contributed by atoms with Crippen molar-refractivity contribution in [1.29, 1.82) is 0 Å². The molecular formula is C33H32N4O7. The van der Waals surface area contributed by atoms with Gasteiger partial charge in [0.05, 0.1) is 17.3 Å². The number of aliphatic hydroxyl groups excluding tert-OH is 2. The molecule has 2 aromatic carbocycles. The van der Waals surface area contributed by atoms with Gasteiger partial charge < -0.3 is 31.5 Å². The van der Waals surface area contributed by atoms with Crippen LogP contribution in [-0.2, 0) is 22.6 Å². The van der Waals surface area contributed by atoms with E-state index in [0.717, 1.165) is 22.4 Å². The maximum atomic E-state index is 14.0. The van der Waals surface area contributed by atoms with Gasteiger partial charge in [-0.05, 0) is 73.3 Å². The molecule has 0 fully saturated rings. The van der Waals surface area contributed by atoms with Crippen LogP contribution in [0.25, 0.3) is 11.1 Å². The van der Waals surface area contributed by atoms with Crippen molar-refractivity contribution < 1.29 is 34.8 Å². The van der Waals surface area contributed by atoms with Crippen molar-refractivity contribution in [3.8, 4) is 16.9 Å². The molecule has 6 rings (SSSR count). The van der Waals surface area contributed by atoms with Gasteiger partial charge in [0, 0.05) is 30.4 Å².